The van der Waals surface area contributed by atoms with Crippen LogP contribution in [0, 0.1) is 17.3 Å². The van der Waals surface area contributed by atoms with Gasteiger partial charge in [-0.2, -0.15) is 0 Å². The van der Waals surface area contributed by atoms with E-state index in [0.29, 0.717) is 5.41 Å². The Kier molecular flexibility index (Phi) is 5.76. The third-order valence-corrected chi connectivity index (χ3v) is 4.93. The van der Waals surface area contributed by atoms with Crippen molar-refractivity contribution < 1.29 is 0 Å². The van der Waals surface area contributed by atoms with Crippen molar-refractivity contribution in [3.63, 3.8) is 0 Å². The SMILES string of the molecule is CC.CCCC(C)C1=CCC2CCCCC12C. The quantitative estimate of drug-likeness (QED) is 0.529. The van der Waals surface area contributed by atoms with Crippen molar-refractivity contribution >= 4 is 0 Å². The molecule has 0 aromatic heterocycles. The fraction of sp³-hybridized carbons (Fsp3) is 0.882. The van der Waals surface area contributed by atoms with E-state index in [0.717, 1.165) is 11.8 Å². The van der Waals surface area contributed by atoms with Crippen LogP contribution < -0.4 is 0 Å². The van der Waals surface area contributed by atoms with Gasteiger partial charge in [0.2, 0.25) is 0 Å². The van der Waals surface area contributed by atoms with Crippen molar-refractivity contribution in [3.05, 3.63) is 11.6 Å². The van der Waals surface area contributed by atoms with Gasteiger partial charge in [0.05, 0.1) is 0 Å². The molecule has 0 N–H and O–H groups in total. The van der Waals surface area contributed by atoms with E-state index in [9.17, 15) is 0 Å². The number of allylic oxidation sites excluding steroid dienone is 2. The molecule has 0 heteroatoms. The Morgan fingerprint density at radius 2 is 2.06 bits per heavy atom. The molecule has 1 saturated carbocycles. The standard InChI is InChI=1S/C15H26.C2H6/c1-4-7-12(2)14-10-9-13-8-5-6-11-15(13,14)3;1-2/h10,12-13H,4-9,11H2,1-3H3;1-2H3. The molecule has 2 aliphatic carbocycles. The highest BCUT2D eigenvalue weighted by molar-refractivity contribution is 5.24. The third kappa shape index (κ3) is 2.95. The van der Waals surface area contributed by atoms with Gasteiger partial charge in [0.1, 0.15) is 0 Å². The van der Waals surface area contributed by atoms with Gasteiger partial charge in [0.25, 0.3) is 0 Å². The Hall–Kier alpha value is -0.260. The highest BCUT2D eigenvalue weighted by Crippen LogP contribution is 2.54. The van der Waals surface area contributed by atoms with Crippen molar-refractivity contribution in [2.75, 3.05) is 0 Å². The Morgan fingerprint density at radius 3 is 2.71 bits per heavy atom. The van der Waals surface area contributed by atoms with Crippen LogP contribution in [0.4, 0.5) is 0 Å². The predicted octanol–water partition coefficient (Wildman–Crippen LogP) is 5.98. The molecule has 0 aromatic carbocycles. The summed E-state index contributed by atoms with van der Waals surface area (Å²) in [7, 11) is 0. The maximum absolute atomic E-state index is 2.59. The molecular weight excluding hydrogens is 204 g/mol. The van der Waals surface area contributed by atoms with Crippen molar-refractivity contribution in [1.82, 2.24) is 0 Å². The highest BCUT2D eigenvalue weighted by Gasteiger charge is 2.43. The largest absolute Gasteiger partial charge is 0.0842 e. The number of rotatable bonds is 3. The maximum atomic E-state index is 2.59. The van der Waals surface area contributed by atoms with E-state index in [-0.39, 0.29) is 0 Å². The normalized spacial score (nSPS) is 33.2. The van der Waals surface area contributed by atoms with Gasteiger partial charge in [-0.1, -0.05) is 65.5 Å². The van der Waals surface area contributed by atoms with Crippen LogP contribution in [0.2, 0.25) is 0 Å². The number of hydrogen-bond acceptors (Lipinski definition) is 0. The molecule has 100 valence electrons. The molecule has 0 aliphatic heterocycles. The Bertz CT molecular complexity index is 251. The van der Waals surface area contributed by atoms with Gasteiger partial charge in [-0.3, -0.25) is 0 Å². The Morgan fingerprint density at radius 1 is 1.35 bits per heavy atom. The first kappa shape index (κ1) is 14.8. The van der Waals surface area contributed by atoms with Crippen molar-refractivity contribution in [3.8, 4) is 0 Å². The minimum atomic E-state index is 0.590. The van der Waals surface area contributed by atoms with Gasteiger partial charge >= 0.3 is 0 Å². The summed E-state index contributed by atoms with van der Waals surface area (Å²) in [6, 6.07) is 0. The molecule has 0 aromatic rings. The summed E-state index contributed by atoms with van der Waals surface area (Å²) in [5.74, 6) is 1.82. The van der Waals surface area contributed by atoms with Crippen LogP contribution >= 0.6 is 0 Å². The number of fused-ring (bicyclic) bond motifs is 1. The molecule has 2 aliphatic rings. The smallest absolute Gasteiger partial charge is 0.00825 e. The van der Waals surface area contributed by atoms with Crippen molar-refractivity contribution in [1.29, 1.82) is 0 Å². The topological polar surface area (TPSA) is 0 Å². The second-order valence-electron chi connectivity index (χ2n) is 5.95. The van der Waals surface area contributed by atoms with E-state index in [1.54, 1.807) is 0 Å². The second-order valence-corrected chi connectivity index (χ2v) is 5.95. The van der Waals surface area contributed by atoms with Crippen molar-refractivity contribution in [2.45, 2.75) is 79.6 Å². The van der Waals surface area contributed by atoms with Crippen molar-refractivity contribution in [2.24, 2.45) is 17.3 Å². The first-order valence-corrected chi connectivity index (χ1v) is 7.89. The fourth-order valence-corrected chi connectivity index (χ4v) is 4.02. The minimum absolute atomic E-state index is 0.590. The van der Waals surface area contributed by atoms with Gasteiger partial charge in [0, 0.05) is 0 Å². The first-order chi connectivity index (χ1) is 8.18. The monoisotopic (exact) mass is 236 g/mol. The molecule has 0 heterocycles. The van der Waals surface area contributed by atoms with Gasteiger partial charge < -0.3 is 0 Å². The average Bonchev–Trinajstić information content (AvgIpc) is 2.69. The molecule has 17 heavy (non-hydrogen) atoms. The van der Waals surface area contributed by atoms with Crippen LogP contribution in [0.5, 0.6) is 0 Å². The lowest BCUT2D eigenvalue weighted by atomic mass is 9.64. The predicted molar refractivity (Wildman–Crippen MR) is 78.2 cm³/mol. The van der Waals surface area contributed by atoms with E-state index >= 15 is 0 Å². The summed E-state index contributed by atoms with van der Waals surface area (Å²) in [4.78, 5) is 0. The van der Waals surface area contributed by atoms with Crippen LogP contribution in [-0.2, 0) is 0 Å². The van der Waals surface area contributed by atoms with E-state index in [2.05, 4.69) is 26.8 Å². The zero-order chi connectivity index (χ0) is 12.9. The molecule has 0 saturated heterocycles. The zero-order valence-corrected chi connectivity index (χ0v) is 12.7. The van der Waals surface area contributed by atoms with Crippen LogP contribution in [0.1, 0.15) is 79.6 Å². The van der Waals surface area contributed by atoms with Crippen LogP contribution in [0.15, 0.2) is 11.6 Å². The lowest BCUT2D eigenvalue weighted by molar-refractivity contribution is 0.165. The molecule has 3 atom stereocenters. The molecule has 3 unspecified atom stereocenters. The Balaban J connectivity index is 0.000000686. The zero-order valence-electron chi connectivity index (χ0n) is 12.7. The molecule has 0 amide bonds. The molecule has 2 rings (SSSR count). The minimum Gasteiger partial charge on any atom is -0.0842 e. The van der Waals surface area contributed by atoms with E-state index in [1.165, 1.54) is 44.9 Å². The summed E-state index contributed by atoms with van der Waals surface area (Å²) in [6.07, 6.45) is 12.6. The third-order valence-electron chi connectivity index (χ3n) is 4.93. The van der Waals surface area contributed by atoms with E-state index in [4.69, 9.17) is 0 Å². The summed E-state index contributed by atoms with van der Waals surface area (Å²) in [6.45, 7) is 11.3. The molecule has 0 bridgehead atoms. The van der Waals surface area contributed by atoms with E-state index in [1.807, 2.05) is 19.4 Å². The molecule has 0 nitrogen and oxygen atoms in total. The van der Waals surface area contributed by atoms with Gasteiger partial charge in [-0.25, -0.2) is 0 Å². The summed E-state index contributed by atoms with van der Waals surface area (Å²) >= 11 is 0. The second kappa shape index (κ2) is 6.61. The van der Waals surface area contributed by atoms with Crippen LogP contribution in [0.3, 0.4) is 0 Å². The fourth-order valence-electron chi connectivity index (χ4n) is 4.02. The van der Waals surface area contributed by atoms with Gasteiger partial charge in [0.15, 0.2) is 0 Å². The molecule has 0 spiro atoms. The molecular formula is C17H32. The number of hydrogen-bond donors (Lipinski definition) is 0. The maximum Gasteiger partial charge on any atom is -0.00825 e. The molecule has 1 fully saturated rings. The summed E-state index contributed by atoms with van der Waals surface area (Å²) in [5, 5.41) is 0. The lowest BCUT2D eigenvalue weighted by Crippen LogP contribution is -2.30. The van der Waals surface area contributed by atoms with Gasteiger partial charge in [-0.15, -0.1) is 0 Å². The molecule has 0 radical (unpaired) electrons. The summed E-state index contributed by atoms with van der Waals surface area (Å²) < 4.78 is 0. The van der Waals surface area contributed by atoms with Gasteiger partial charge in [-0.05, 0) is 42.9 Å². The van der Waals surface area contributed by atoms with E-state index < -0.39 is 0 Å². The summed E-state index contributed by atoms with van der Waals surface area (Å²) in [5.41, 5.74) is 2.40. The highest BCUT2D eigenvalue weighted by atomic mass is 14.5. The van der Waals surface area contributed by atoms with Crippen LogP contribution in [0.25, 0.3) is 0 Å². The van der Waals surface area contributed by atoms with Crippen LogP contribution in [-0.4, -0.2) is 0 Å². The lowest BCUT2D eigenvalue weighted by Gasteiger charge is -2.41. The average molecular weight is 236 g/mol. The first-order valence-electron chi connectivity index (χ1n) is 7.89. The Labute approximate surface area is 109 Å².